The lowest BCUT2D eigenvalue weighted by molar-refractivity contribution is -0.128. The Balaban J connectivity index is 2.44. The first-order chi connectivity index (χ1) is 12.4. The van der Waals surface area contributed by atoms with Gasteiger partial charge in [0.25, 0.3) is 11.8 Å². The van der Waals surface area contributed by atoms with E-state index in [2.05, 4.69) is 33.7 Å². The average Bonchev–Trinajstić information content (AvgIpc) is 2.60. The zero-order valence-electron chi connectivity index (χ0n) is 13.9. The molecule has 1 aliphatic heterocycles. The highest BCUT2D eigenvalue weighted by molar-refractivity contribution is 9.10. The molecule has 0 spiro atoms. The van der Waals surface area contributed by atoms with Crippen LogP contribution in [0.25, 0.3) is 6.08 Å². The number of benzene rings is 1. The second-order valence-corrected chi connectivity index (χ2v) is 6.29. The van der Waals surface area contributed by atoms with Crippen molar-refractivity contribution in [3.05, 3.63) is 40.4 Å². The molecule has 1 aliphatic rings. The normalized spacial score (nSPS) is 15.5. The van der Waals surface area contributed by atoms with Gasteiger partial charge < -0.3 is 9.47 Å². The van der Waals surface area contributed by atoms with E-state index in [1.807, 2.05) is 0 Å². The maximum Gasteiger partial charge on any atom is 0.265 e. The number of ether oxygens (including phenoxy) is 2. The number of thiocarbonyl (C=S) groups is 1. The maximum absolute atomic E-state index is 12.6. The molecule has 1 saturated heterocycles. The number of carbonyl (C=O) groups is 2. The van der Waals surface area contributed by atoms with Crippen molar-refractivity contribution in [2.45, 2.75) is 0 Å². The van der Waals surface area contributed by atoms with Crippen LogP contribution < -0.4 is 14.8 Å². The second kappa shape index (κ2) is 8.65. The summed E-state index contributed by atoms with van der Waals surface area (Å²) in [6.07, 6.45) is 8.18. The molecule has 1 heterocycles. The molecule has 0 radical (unpaired) electrons. The number of rotatable bonds is 6. The van der Waals surface area contributed by atoms with Crippen LogP contribution in [0, 0.1) is 12.3 Å². The molecule has 8 heteroatoms. The molecule has 0 aromatic heterocycles. The molecule has 0 saturated carbocycles. The molecule has 1 fully saturated rings. The van der Waals surface area contributed by atoms with Gasteiger partial charge in [-0.25, -0.2) is 0 Å². The van der Waals surface area contributed by atoms with Gasteiger partial charge in [-0.2, -0.15) is 0 Å². The number of methoxy groups -OCH3 is 1. The number of amides is 2. The molecule has 2 rings (SSSR count). The Morgan fingerprint density at radius 2 is 2.19 bits per heavy atom. The summed E-state index contributed by atoms with van der Waals surface area (Å²) in [5.41, 5.74) is 0.512. The quantitative estimate of drug-likeness (QED) is 0.244. The maximum atomic E-state index is 12.6. The van der Waals surface area contributed by atoms with E-state index in [-0.39, 0.29) is 23.8 Å². The molecule has 0 bridgehead atoms. The van der Waals surface area contributed by atoms with E-state index in [4.69, 9.17) is 28.1 Å². The van der Waals surface area contributed by atoms with E-state index in [1.165, 1.54) is 24.2 Å². The fourth-order valence-electron chi connectivity index (χ4n) is 2.23. The van der Waals surface area contributed by atoms with E-state index in [0.717, 1.165) is 0 Å². The van der Waals surface area contributed by atoms with E-state index < -0.39 is 11.8 Å². The molecule has 0 atom stereocenters. The number of nitrogens with one attached hydrogen (secondary N) is 1. The first kappa shape index (κ1) is 19.7. The topological polar surface area (TPSA) is 67.9 Å². The minimum atomic E-state index is -0.567. The van der Waals surface area contributed by atoms with Crippen LogP contribution in [0.2, 0.25) is 0 Å². The zero-order valence-corrected chi connectivity index (χ0v) is 16.3. The van der Waals surface area contributed by atoms with Crippen molar-refractivity contribution in [2.75, 3.05) is 20.3 Å². The molecule has 0 unspecified atom stereocenters. The highest BCUT2D eigenvalue weighted by atomic mass is 79.9. The highest BCUT2D eigenvalue weighted by Crippen LogP contribution is 2.37. The number of nitrogens with zero attached hydrogens (tertiary/aromatic N) is 1. The molecular weight excluding hydrogens is 420 g/mol. The van der Waals surface area contributed by atoms with Crippen LogP contribution in [0.4, 0.5) is 0 Å². The third kappa shape index (κ3) is 4.12. The van der Waals surface area contributed by atoms with Gasteiger partial charge in [0, 0.05) is 6.54 Å². The Morgan fingerprint density at radius 3 is 2.81 bits per heavy atom. The summed E-state index contributed by atoms with van der Waals surface area (Å²) in [6.45, 7) is 3.85. The van der Waals surface area contributed by atoms with Crippen LogP contribution in [-0.4, -0.2) is 42.1 Å². The smallest absolute Gasteiger partial charge is 0.265 e. The largest absolute Gasteiger partial charge is 0.493 e. The van der Waals surface area contributed by atoms with Crippen molar-refractivity contribution in [1.82, 2.24) is 10.2 Å². The predicted molar refractivity (Wildman–Crippen MR) is 106 cm³/mol. The van der Waals surface area contributed by atoms with Gasteiger partial charge in [0.1, 0.15) is 12.2 Å². The van der Waals surface area contributed by atoms with Gasteiger partial charge in [0.2, 0.25) is 0 Å². The summed E-state index contributed by atoms with van der Waals surface area (Å²) in [7, 11) is 1.48. The van der Waals surface area contributed by atoms with Crippen molar-refractivity contribution in [2.24, 2.45) is 0 Å². The van der Waals surface area contributed by atoms with Gasteiger partial charge >= 0.3 is 0 Å². The average molecular weight is 435 g/mol. The molecule has 1 aromatic rings. The Labute approximate surface area is 165 Å². The lowest BCUT2D eigenvalue weighted by Gasteiger charge is -2.27. The predicted octanol–water partition coefficient (Wildman–Crippen LogP) is 2.28. The SMILES string of the molecule is C#CCOc1c(Br)cc(/C=C2\C(=O)NC(=S)N(CC=C)C2=O)cc1OC. The molecule has 1 aromatic carbocycles. The second-order valence-electron chi connectivity index (χ2n) is 5.05. The van der Waals surface area contributed by atoms with E-state index >= 15 is 0 Å². The number of hydrogen-bond donors (Lipinski definition) is 1. The lowest BCUT2D eigenvalue weighted by Crippen LogP contribution is -2.53. The molecule has 6 nitrogen and oxygen atoms in total. The van der Waals surface area contributed by atoms with E-state index in [0.29, 0.717) is 21.5 Å². The number of halogens is 1. The summed E-state index contributed by atoms with van der Waals surface area (Å²) < 4.78 is 11.3. The van der Waals surface area contributed by atoms with Gasteiger partial charge in [-0.1, -0.05) is 12.0 Å². The van der Waals surface area contributed by atoms with Gasteiger partial charge in [0.15, 0.2) is 16.6 Å². The Bertz CT molecular complexity index is 857. The molecule has 2 amide bonds. The van der Waals surface area contributed by atoms with Crippen LogP contribution in [0.3, 0.4) is 0 Å². The number of hydrogen-bond acceptors (Lipinski definition) is 5. The van der Waals surface area contributed by atoms with Gasteiger partial charge in [-0.15, -0.1) is 13.0 Å². The van der Waals surface area contributed by atoms with E-state index in [1.54, 1.807) is 12.1 Å². The Kier molecular flexibility index (Phi) is 6.55. The summed E-state index contributed by atoms with van der Waals surface area (Å²) in [5, 5.41) is 2.54. The summed E-state index contributed by atoms with van der Waals surface area (Å²) in [5.74, 6) is 2.15. The van der Waals surface area contributed by atoms with E-state index in [9.17, 15) is 9.59 Å². The van der Waals surface area contributed by atoms with Crippen molar-refractivity contribution >= 4 is 51.2 Å². The minimum Gasteiger partial charge on any atom is -0.493 e. The van der Waals surface area contributed by atoms with Crippen LogP contribution in [0.1, 0.15) is 5.56 Å². The van der Waals surface area contributed by atoms with Gasteiger partial charge in [-0.3, -0.25) is 19.8 Å². The van der Waals surface area contributed by atoms with Crippen LogP contribution >= 0.6 is 28.1 Å². The van der Waals surface area contributed by atoms with Crippen molar-refractivity contribution in [3.8, 4) is 23.8 Å². The van der Waals surface area contributed by atoms with Crippen LogP contribution in [0.15, 0.2) is 34.8 Å². The zero-order chi connectivity index (χ0) is 19.3. The third-order valence-corrected chi connectivity index (χ3v) is 4.27. The Hall–Kier alpha value is -2.63. The molecule has 0 aliphatic carbocycles. The summed E-state index contributed by atoms with van der Waals surface area (Å²) >= 11 is 8.40. The van der Waals surface area contributed by atoms with Crippen LogP contribution in [-0.2, 0) is 9.59 Å². The van der Waals surface area contributed by atoms with Crippen molar-refractivity contribution in [3.63, 3.8) is 0 Å². The number of carbonyl (C=O) groups excluding carboxylic acids is 2. The van der Waals surface area contributed by atoms with Gasteiger partial charge in [0.05, 0.1) is 11.6 Å². The number of terminal acetylenes is 1. The first-order valence-corrected chi connectivity index (χ1v) is 8.56. The highest BCUT2D eigenvalue weighted by Gasteiger charge is 2.32. The standard InChI is InChI=1S/C18H15BrN2O4S/c1-4-6-21-17(23)12(16(22)20-18(21)26)8-11-9-13(19)15(25-7-5-2)14(10-11)24-3/h2,4,8-10H,1,6-7H2,3H3,(H,20,22,26)/b12-8+. The monoisotopic (exact) mass is 434 g/mol. The molecular formula is C18H15BrN2O4S. The van der Waals surface area contributed by atoms with Crippen molar-refractivity contribution in [1.29, 1.82) is 0 Å². The minimum absolute atomic E-state index is 0.0494. The summed E-state index contributed by atoms with van der Waals surface area (Å²) in [4.78, 5) is 26.0. The molecule has 134 valence electrons. The molecule has 1 N–H and O–H groups in total. The lowest BCUT2D eigenvalue weighted by atomic mass is 10.1. The van der Waals surface area contributed by atoms with Crippen molar-refractivity contribution < 1.29 is 19.1 Å². The Morgan fingerprint density at radius 1 is 1.46 bits per heavy atom. The fourth-order valence-corrected chi connectivity index (χ4v) is 3.06. The third-order valence-electron chi connectivity index (χ3n) is 3.36. The molecule has 26 heavy (non-hydrogen) atoms. The van der Waals surface area contributed by atoms with Crippen LogP contribution in [0.5, 0.6) is 11.5 Å². The summed E-state index contributed by atoms with van der Waals surface area (Å²) in [6, 6.07) is 3.32. The van der Waals surface area contributed by atoms with Gasteiger partial charge in [-0.05, 0) is 51.9 Å². The first-order valence-electron chi connectivity index (χ1n) is 7.36. The fraction of sp³-hybridized carbons (Fsp3) is 0.167.